The summed E-state index contributed by atoms with van der Waals surface area (Å²) in [5, 5.41) is 3.30. The predicted molar refractivity (Wildman–Crippen MR) is 123 cm³/mol. The number of carbonyl (C=O) groups excluding carboxylic acids is 2. The number of amides is 2. The van der Waals surface area contributed by atoms with Gasteiger partial charge in [-0.3, -0.25) is 9.59 Å². The standard InChI is InChI=1S/C24H21ClN2O2S/c25-20-8-4-5-9-21(20)26-23(29)18-10-12-19(13-11-18)24-27(22(28)16-30-24)15-14-17-6-2-1-3-7-17/h1-13,24H,14-16H2,(H,26,29). The van der Waals surface area contributed by atoms with E-state index in [1.165, 1.54) is 5.56 Å². The van der Waals surface area contributed by atoms with Crippen LogP contribution in [0.1, 0.15) is 26.9 Å². The molecule has 1 unspecified atom stereocenters. The van der Waals surface area contributed by atoms with Gasteiger partial charge in [-0.2, -0.15) is 0 Å². The first-order valence-electron chi connectivity index (χ1n) is 9.72. The van der Waals surface area contributed by atoms with Crippen molar-refractivity contribution in [1.82, 2.24) is 4.90 Å². The Bertz CT molecular complexity index is 1040. The van der Waals surface area contributed by atoms with Crippen molar-refractivity contribution < 1.29 is 9.59 Å². The minimum atomic E-state index is -0.217. The second kappa shape index (κ2) is 9.37. The Labute approximate surface area is 185 Å². The Morgan fingerprint density at radius 2 is 1.70 bits per heavy atom. The smallest absolute Gasteiger partial charge is 0.255 e. The fourth-order valence-electron chi connectivity index (χ4n) is 3.42. The van der Waals surface area contributed by atoms with Crippen LogP contribution < -0.4 is 5.32 Å². The van der Waals surface area contributed by atoms with Crippen LogP contribution in [0.15, 0.2) is 78.9 Å². The van der Waals surface area contributed by atoms with E-state index in [-0.39, 0.29) is 17.2 Å². The van der Waals surface area contributed by atoms with E-state index in [2.05, 4.69) is 17.4 Å². The van der Waals surface area contributed by atoms with E-state index < -0.39 is 0 Å². The summed E-state index contributed by atoms with van der Waals surface area (Å²) in [4.78, 5) is 26.9. The van der Waals surface area contributed by atoms with Gasteiger partial charge in [0, 0.05) is 12.1 Å². The maximum absolute atomic E-state index is 12.5. The Hall–Kier alpha value is -2.76. The zero-order valence-electron chi connectivity index (χ0n) is 16.3. The fourth-order valence-corrected chi connectivity index (χ4v) is 4.82. The van der Waals surface area contributed by atoms with Gasteiger partial charge in [0.05, 0.1) is 16.5 Å². The lowest BCUT2D eigenvalue weighted by Crippen LogP contribution is -2.30. The van der Waals surface area contributed by atoms with E-state index in [0.717, 1.165) is 12.0 Å². The maximum atomic E-state index is 12.5. The van der Waals surface area contributed by atoms with Crippen LogP contribution in [0.4, 0.5) is 5.69 Å². The van der Waals surface area contributed by atoms with E-state index >= 15 is 0 Å². The zero-order chi connectivity index (χ0) is 20.9. The molecular formula is C24H21ClN2O2S. The molecule has 1 N–H and O–H groups in total. The van der Waals surface area contributed by atoms with Crippen LogP contribution in [-0.2, 0) is 11.2 Å². The summed E-state index contributed by atoms with van der Waals surface area (Å²) in [5.41, 5.74) is 3.36. The molecule has 0 aromatic heterocycles. The molecule has 30 heavy (non-hydrogen) atoms. The molecule has 0 spiro atoms. The number of hydrogen-bond donors (Lipinski definition) is 1. The van der Waals surface area contributed by atoms with Crippen molar-refractivity contribution in [3.05, 3.63) is 101 Å². The van der Waals surface area contributed by atoms with Gasteiger partial charge in [-0.05, 0) is 41.8 Å². The van der Waals surface area contributed by atoms with Gasteiger partial charge in [0.15, 0.2) is 0 Å². The van der Waals surface area contributed by atoms with Crippen molar-refractivity contribution in [3.8, 4) is 0 Å². The van der Waals surface area contributed by atoms with Crippen molar-refractivity contribution in [2.24, 2.45) is 0 Å². The SMILES string of the molecule is O=C(Nc1ccccc1Cl)c1ccc(C2SCC(=O)N2CCc2ccccc2)cc1. The van der Waals surface area contributed by atoms with Gasteiger partial charge in [0.25, 0.3) is 5.91 Å². The molecule has 1 aliphatic rings. The van der Waals surface area contributed by atoms with Crippen LogP contribution in [0.2, 0.25) is 5.02 Å². The molecule has 1 fully saturated rings. The summed E-state index contributed by atoms with van der Waals surface area (Å²) in [6, 6.07) is 24.7. The average Bonchev–Trinajstić information content (AvgIpc) is 3.15. The average molecular weight is 437 g/mol. The summed E-state index contributed by atoms with van der Waals surface area (Å²) in [6.45, 7) is 0.676. The van der Waals surface area contributed by atoms with Gasteiger partial charge >= 0.3 is 0 Å². The number of nitrogens with zero attached hydrogens (tertiary/aromatic N) is 1. The minimum Gasteiger partial charge on any atom is -0.326 e. The number of benzene rings is 3. The summed E-state index contributed by atoms with van der Waals surface area (Å²) in [5.74, 6) is 0.418. The zero-order valence-corrected chi connectivity index (χ0v) is 17.8. The van der Waals surface area contributed by atoms with Crippen molar-refractivity contribution >= 4 is 40.9 Å². The normalized spacial score (nSPS) is 16.0. The second-order valence-electron chi connectivity index (χ2n) is 7.04. The number of carbonyl (C=O) groups is 2. The Morgan fingerprint density at radius 1 is 1.00 bits per heavy atom. The van der Waals surface area contributed by atoms with Gasteiger partial charge in [-0.15, -0.1) is 11.8 Å². The van der Waals surface area contributed by atoms with Crippen LogP contribution in [0.3, 0.4) is 0 Å². The highest BCUT2D eigenvalue weighted by Crippen LogP contribution is 2.38. The number of para-hydroxylation sites is 1. The number of halogens is 1. The van der Waals surface area contributed by atoms with Gasteiger partial charge in [-0.25, -0.2) is 0 Å². The Morgan fingerprint density at radius 3 is 2.43 bits per heavy atom. The van der Waals surface area contributed by atoms with Gasteiger partial charge in [0.2, 0.25) is 5.91 Å². The van der Waals surface area contributed by atoms with E-state index in [1.807, 2.05) is 47.4 Å². The molecule has 3 aromatic rings. The second-order valence-corrected chi connectivity index (χ2v) is 8.52. The molecule has 152 valence electrons. The molecule has 1 aliphatic heterocycles. The molecular weight excluding hydrogens is 416 g/mol. The summed E-state index contributed by atoms with van der Waals surface area (Å²) >= 11 is 7.74. The minimum absolute atomic E-state index is 0.0260. The highest BCUT2D eigenvalue weighted by Gasteiger charge is 2.32. The predicted octanol–water partition coefficient (Wildman–Crippen LogP) is 5.41. The van der Waals surface area contributed by atoms with Crippen LogP contribution in [0, 0.1) is 0 Å². The van der Waals surface area contributed by atoms with Crippen molar-refractivity contribution in [3.63, 3.8) is 0 Å². The molecule has 0 aliphatic carbocycles. The van der Waals surface area contributed by atoms with Crippen LogP contribution in [0.25, 0.3) is 0 Å². The molecule has 1 heterocycles. The molecule has 0 saturated carbocycles. The third kappa shape index (κ3) is 4.69. The fraction of sp³-hybridized carbons (Fsp3) is 0.167. The highest BCUT2D eigenvalue weighted by molar-refractivity contribution is 8.00. The van der Waals surface area contributed by atoms with E-state index in [4.69, 9.17) is 11.6 Å². The summed E-state index contributed by atoms with van der Waals surface area (Å²) in [7, 11) is 0. The topological polar surface area (TPSA) is 49.4 Å². The summed E-state index contributed by atoms with van der Waals surface area (Å²) in [6.07, 6.45) is 0.821. The molecule has 0 bridgehead atoms. The molecule has 0 radical (unpaired) electrons. The van der Waals surface area contributed by atoms with Crippen molar-refractivity contribution in [1.29, 1.82) is 0 Å². The highest BCUT2D eigenvalue weighted by atomic mass is 35.5. The molecule has 4 nitrogen and oxygen atoms in total. The third-order valence-electron chi connectivity index (χ3n) is 5.03. The monoisotopic (exact) mass is 436 g/mol. The number of thioether (sulfide) groups is 1. The lowest BCUT2D eigenvalue weighted by molar-refractivity contribution is -0.128. The van der Waals surface area contributed by atoms with E-state index in [1.54, 1.807) is 36.0 Å². The van der Waals surface area contributed by atoms with Crippen LogP contribution >= 0.6 is 23.4 Å². The van der Waals surface area contributed by atoms with Crippen molar-refractivity contribution in [2.45, 2.75) is 11.8 Å². The lowest BCUT2D eigenvalue weighted by atomic mass is 10.1. The first kappa shape index (κ1) is 20.5. The number of anilines is 1. The quantitative estimate of drug-likeness (QED) is 0.562. The summed E-state index contributed by atoms with van der Waals surface area (Å²) < 4.78 is 0. The molecule has 6 heteroatoms. The largest absolute Gasteiger partial charge is 0.326 e. The molecule has 4 rings (SSSR count). The molecule has 1 atom stereocenters. The van der Waals surface area contributed by atoms with Gasteiger partial charge in [0.1, 0.15) is 5.37 Å². The Balaban J connectivity index is 1.44. The number of rotatable bonds is 6. The molecule has 1 saturated heterocycles. The first-order chi connectivity index (χ1) is 14.6. The number of nitrogens with one attached hydrogen (secondary N) is 1. The van der Waals surface area contributed by atoms with Gasteiger partial charge in [-0.1, -0.05) is 66.2 Å². The maximum Gasteiger partial charge on any atom is 0.255 e. The first-order valence-corrected chi connectivity index (χ1v) is 11.2. The van der Waals surface area contributed by atoms with E-state index in [9.17, 15) is 9.59 Å². The van der Waals surface area contributed by atoms with Crippen LogP contribution in [0.5, 0.6) is 0 Å². The number of hydrogen-bond acceptors (Lipinski definition) is 3. The van der Waals surface area contributed by atoms with Crippen LogP contribution in [-0.4, -0.2) is 29.0 Å². The molecule has 2 amide bonds. The lowest BCUT2D eigenvalue weighted by Gasteiger charge is -2.24. The van der Waals surface area contributed by atoms with Crippen molar-refractivity contribution in [2.75, 3.05) is 17.6 Å². The molecule has 3 aromatic carbocycles. The Kier molecular flexibility index (Phi) is 6.41. The van der Waals surface area contributed by atoms with E-state index in [0.29, 0.717) is 28.6 Å². The third-order valence-corrected chi connectivity index (χ3v) is 6.62. The van der Waals surface area contributed by atoms with Gasteiger partial charge < -0.3 is 10.2 Å².